The van der Waals surface area contributed by atoms with E-state index < -0.39 is 8.80 Å². The van der Waals surface area contributed by atoms with E-state index in [2.05, 4.69) is 13.1 Å². The van der Waals surface area contributed by atoms with Crippen molar-refractivity contribution >= 4 is 8.80 Å². The van der Waals surface area contributed by atoms with Crippen molar-refractivity contribution in [2.45, 2.75) is 38.9 Å². The zero-order valence-electron chi connectivity index (χ0n) is 10.5. The fraction of sp³-hybridized carbons (Fsp3) is 0.538. The fourth-order valence-corrected chi connectivity index (χ4v) is 2.72. The summed E-state index contributed by atoms with van der Waals surface area (Å²) in [6, 6.07) is 7.05. The summed E-state index contributed by atoms with van der Waals surface area (Å²) < 4.78 is 5.36. The second-order valence-electron chi connectivity index (χ2n) is 4.52. The molecule has 0 aromatic heterocycles. The maximum absolute atomic E-state index is 9.56. The largest absolute Gasteiger partial charge is 0.504 e. The molecule has 1 aromatic rings. The molecule has 3 heteroatoms. The van der Waals surface area contributed by atoms with E-state index in [0.717, 1.165) is 6.42 Å². The Balaban J connectivity index is 2.56. The lowest BCUT2D eigenvalue weighted by molar-refractivity contribution is 0.317. The van der Waals surface area contributed by atoms with Crippen LogP contribution in [0.1, 0.15) is 18.9 Å². The number of phenolic OH excluding ortho intramolecular Hbond substituents is 1. The van der Waals surface area contributed by atoms with Gasteiger partial charge in [-0.05, 0) is 31.0 Å². The van der Waals surface area contributed by atoms with Crippen LogP contribution in [-0.2, 0) is 6.42 Å². The molecule has 0 bridgehead atoms. The average Bonchev–Trinajstić information content (AvgIpc) is 2.22. The third-order valence-electron chi connectivity index (χ3n) is 2.57. The first kappa shape index (κ1) is 13.1. The number of phenols is 1. The first-order valence-corrected chi connectivity index (χ1v) is 9.20. The number of ether oxygens (including phenoxy) is 1. The lowest BCUT2D eigenvalue weighted by Gasteiger charge is -2.08. The summed E-state index contributed by atoms with van der Waals surface area (Å²) in [6.07, 6.45) is 2.34. The molecule has 0 atom stereocenters. The Hall–Kier alpha value is -0.963. The van der Waals surface area contributed by atoms with Gasteiger partial charge < -0.3 is 9.84 Å². The summed E-state index contributed by atoms with van der Waals surface area (Å²) in [4.78, 5) is 0. The van der Waals surface area contributed by atoms with Crippen LogP contribution in [0.3, 0.4) is 0 Å². The summed E-state index contributed by atoms with van der Waals surface area (Å²) in [5, 5.41) is 9.56. The summed E-state index contributed by atoms with van der Waals surface area (Å²) in [5.41, 5.74) is 1.26. The molecule has 0 aliphatic carbocycles. The molecule has 0 fully saturated rings. The molecule has 1 aromatic carbocycles. The number of aromatic hydroxyl groups is 1. The van der Waals surface area contributed by atoms with E-state index >= 15 is 0 Å². The predicted molar refractivity (Wildman–Crippen MR) is 71.3 cm³/mol. The SMILES string of the molecule is CCOc1cc(CCC[SiH](C)C)ccc1O. The van der Waals surface area contributed by atoms with Gasteiger partial charge in [0.25, 0.3) is 0 Å². The highest BCUT2D eigenvalue weighted by Crippen LogP contribution is 2.27. The van der Waals surface area contributed by atoms with Crippen LogP contribution in [0, 0.1) is 0 Å². The third kappa shape index (κ3) is 4.27. The van der Waals surface area contributed by atoms with Crippen LogP contribution in [-0.4, -0.2) is 20.5 Å². The molecule has 90 valence electrons. The van der Waals surface area contributed by atoms with Crippen LogP contribution in [0.25, 0.3) is 0 Å². The molecule has 0 aliphatic heterocycles. The zero-order valence-corrected chi connectivity index (χ0v) is 11.6. The van der Waals surface area contributed by atoms with E-state index in [4.69, 9.17) is 4.74 Å². The minimum Gasteiger partial charge on any atom is -0.504 e. The molecule has 16 heavy (non-hydrogen) atoms. The lowest BCUT2D eigenvalue weighted by atomic mass is 10.1. The van der Waals surface area contributed by atoms with Crippen LogP contribution in [0.5, 0.6) is 11.5 Å². The van der Waals surface area contributed by atoms with E-state index in [-0.39, 0.29) is 5.75 Å². The van der Waals surface area contributed by atoms with Crippen molar-refractivity contribution in [1.29, 1.82) is 0 Å². The van der Waals surface area contributed by atoms with Crippen LogP contribution >= 0.6 is 0 Å². The molecule has 0 radical (unpaired) electrons. The lowest BCUT2D eigenvalue weighted by Crippen LogP contribution is -2.00. The average molecular weight is 238 g/mol. The van der Waals surface area contributed by atoms with Gasteiger partial charge in [-0.25, -0.2) is 0 Å². The Morgan fingerprint density at radius 2 is 2.06 bits per heavy atom. The van der Waals surface area contributed by atoms with Gasteiger partial charge >= 0.3 is 0 Å². The first-order valence-electron chi connectivity index (χ1n) is 6.08. The highest BCUT2D eigenvalue weighted by Gasteiger charge is 2.04. The van der Waals surface area contributed by atoms with E-state index in [1.807, 2.05) is 19.1 Å². The third-order valence-corrected chi connectivity index (χ3v) is 4.13. The standard InChI is InChI=1S/C13H22O2Si/c1-4-15-13-10-11(7-8-12(13)14)6-5-9-16(2)3/h7-8,10,14,16H,4-6,9H2,1-3H3. The van der Waals surface area contributed by atoms with E-state index in [1.165, 1.54) is 18.0 Å². The molecule has 2 nitrogen and oxygen atoms in total. The zero-order chi connectivity index (χ0) is 12.0. The Bertz CT molecular complexity index is 324. The number of benzene rings is 1. The molecule has 0 amide bonds. The van der Waals surface area contributed by atoms with Gasteiger partial charge in [-0.1, -0.05) is 31.6 Å². The van der Waals surface area contributed by atoms with Crippen molar-refractivity contribution in [3.8, 4) is 11.5 Å². The van der Waals surface area contributed by atoms with Gasteiger partial charge in [0.2, 0.25) is 0 Å². The molecular formula is C13H22O2Si. The van der Waals surface area contributed by atoms with Gasteiger partial charge in [0, 0.05) is 8.80 Å². The quantitative estimate of drug-likeness (QED) is 0.771. The van der Waals surface area contributed by atoms with Crippen molar-refractivity contribution < 1.29 is 9.84 Å². The molecule has 0 saturated carbocycles. The molecular weight excluding hydrogens is 216 g/mol. The van der Waals surface area contributed by atoms with Crippen LogP contribution < -0.4 is 4.74 Å². The summed E-state index contributed by atoms with van der Waals surface area (Å²) in [6.45, 7) is 7.28. The number of aryl methyl sites for hydroxylation is 1. The van der Waals surface area contributed by atoms with Gasteiger partial charge in [-0.15, -0.1) is 0 Å². The van der Waals surface area contributed by atoms with Gasteiger partial charge in [0.05, 0.1) is 6.61 Å². The molecule has 0 spiro atoms. The highest BCUT2D eigenvalue weighted by molar-refractivity contribution is 6.55. The van der Waals surface area contributed by atoms with Crippen molar-refractivity contribution in [1.82, 2.24) is 0 Å². The van der Waals surface area contributed by atoms with Crippen LogP contribution in [0.4, 0.5) is 0 Å². The number of rotatable bonds is 6. The van der Waals surface area contributed by atoms with Crippen molar-refractivity contribution in [2.75, 3.05) is 6.61 Å². The van der Waals surface area contributed by atoms with Crippen molar-refractivity contribution in [3.05, 3.63) is 23.8 Å². The summed E-state index contributed by atoms with van der Waals surface area (Å²) >= 11 is 0. The summed E-state index contributed by atoms with van der Waals surface area (Å²) in [7, 11) is -0.428. The highest BCUT2D eigenvalue weighted by atomic mass is 28.3. The molecule has 1 rings (SSSR count). The van der Waals surface area contributed by atoms with Gasteiger partial charge in [0.1, 0.15) is 0 Å². The molecule has 1 N–H and O–H groups in total. The molecule has 0 unspecified atom stereocenters. The topological polar surface area (TPSA) is 29.5 Å². The monoisotopic (exact) mass is 238 g/mol. The maximum atomic E-state index is 9.56. The normalized spacial score (nSPS) is 10.8. The second-order valence-corrected chi connectivity index (χ2v) is 7.89. The summed E-state index contributed by atoms with van der Waals surface area (Å²) in [5.74, 6) is 0.852. The minimum atomic E-state index is -0.428. The molecule has 0 heterocycles. The van der Waals surface area contributed by atoms with E-state index in [1.54, 1.807) is 6.07 Å². The smallest absolute Gasteiger partial charge is 0.161 e. The fourth-order valence-electron chi connectivity index (χ4n) is 1.70. The Labute approximate surface area is 99.9 Å². The van der Waals surface area contributed by atoms with Crippen molar-refractivity contribution in [3.63, 3.8) is 0 Å². The Morgan fingerprint density at radius 1 is 1.31 bits per heavy atom. The first-order chi connectivity index (χ1) is 7.63. The molecule has 0 aliphatic rings. The number of hydrogen-bond donors (Lipinski definition) is 1. The van der Waals surface area contributed by atoms with Crippen LogP contribution in [0.2, 0.25) is 19.1 Å². The Kier molecular flexibility index (Phi) is 5.39. The number of hydrogen-bond acceptors (Lipinski definition) is 2. The van der Waals surface area contributed by atoms with Crippen molar-refractivity contribution in [2.24, 2.45) is 0 Å². The second kappa shape index (κ2) is 6.58. The van der Waals surface area contributed by atoms with Gasteiger partial charge in [-0.3, -0.25) is 0 Å². The Morgan fingerprint density at radius 3 is 2.69 bits per heavy atom. The minimum absolute atomic E-state index is 0.240. The van der Waals surface area contributed by atoms with Gasteiger partial charge in [-0.2, -0.15) is 0 Å². The van der Waals surface area contributed by atoms with E-state index in [0.29, 0.717) is 12.4 Å². The molecule has 0 saturated heterocycles. The van der Waals surface area contributed by atoms with Crippen LogP contribution in [0.15, 0.2) is 18.2 Å². The predicted octanol–water partition coefficient (Wildman–Crippen LogP) is 3.21. The van der Waals surface area contributed by atoms with E-state index in [9.17, 15) is 5.11 Å². The van der Waals surface area contributed by atoms with Gasteiger partial charge in [0.15, 0.2) is 11.5 Å². The maximum Gasteiger partial charge on any atom is 0.161 e.